The zero-order chi connectivity index (χ0) is 17.3. The average molecular weight is 342 g/mol. The summed E-state index contributed by atoms with van der Waals surface area (Å²) in [6, 6.07) is 22.3. The molecule has 5 rings (SSSR count). The molecule has 0 aliphatic carbocycles. The number of rotatable bonds is 3. The lowest BCUT2D eigenvalue weighted by Gasteiger charge is -2.44. The van der Waals surface area contributed by atoms with Gasteiger partial charge in [-0.3, -0.25) is 9.88 Å². The maximum atomic E-state index is 5.86. The van der Waals surface area contributed by atoms with E-state index in [0.29, 0.717) is 12.1 Å². The molecular formula is C23H22N2O. The highest BCUT2D eigenvalue weighted by Crippen LogP contribution is 2.34. The molecule has 3 heteroatoms. The molecular weight excluding hydrogens is 320 g/mol. The topological polar surface area (TPSA) is 25.4 Å². The highest BCUT2D eigenvalue weighted by molar-refractivity contribution is 5.83. The van der Waals surface area contributed by atoms with Crippen LogP contribution < -0.4 is 0 Å². The quantitative estimate of drug-likeness (QED) is 0.710. The standard InChI is InChI=1S/C23H22N2O/c1-2-5-17(6-3-1)14-25-21-11-20(12-22(25)16-26-15-21)19-9-8-18-7-4-10-24-23(18)13-19/h1-11,13,21-22H,12,14-16H2. The Morgan fingerprint density at radius 2 is 1.92 bits per heavy atom. The van der Waals surface area contributed by atoms with Gasteiger partial charge >= 0.3 is 0 Å². The van der Waals surface area contributed by atoms with Crippen molar-refractivity contribution < 1.29 is 4.74 Å². The third kappa shape index (κ3) is 2.94. The Bertz CT molecular complexity index is 951. The fourth-order valence-electron chi connectivity index (χ4n) is 4.18. The maximum absolute atomic E-state index is 5.86. The molecule has 2 atom stereocenters. The fraction of sp³-hybridized carbons (Fsp3) is 0.261. The van der Waals surface area contributed by atoms with Gasteiger partial charge in [-0.2, -0.15) is 0 Å². The smallest absolute Gasteiger partial charge is 0.0708 e. The Balaban J connectivity index is 1.46. The van der Waals surface area contributed by atoms with Gasteiger partial charge in [0.1, 0.15) is 0 Å². The molecule has 3 heterocycles. The molecule has 2 aromatic carbocycles. The summed E-state index contributed by atoms with van der Waals surface area (Å²) in [6.45, 7) is 2.58. The van der Waals surface area contributed by atoms with Crippen molar-refractivity contribution in [1.29, 1.82) is 0 Å². The van der Waals surface area contributed by atoms with Crippen LogP contribution in [0.1, 0.15) is 17.5 Å². The van der Waals surface area contributed by atoms with Crippen LogP contribution in [-0.2, 0) is 11.3 Å². The van der Waals surface area contributed by atoms with E-state index >= 15 is 0 Å². The molecule has 0 spiro atoms. The minimum atomic E-state index is 0.345. The molecule has 26 heavy (non-hydrogen) atoms. The first kappa shape index (κ1) is 15.7. The molecule has 3 nitrogen and oxygen atoms in total. The molecule has 0 amide bonds. The minimum absolute atomic E-state index is 0.345. The van der Waals surface area contributed by atoms with Crippen molar-refractivity contribution in [2.24, 2.45) is 0 Å². The van der Waals surface area contributed by atoms with Crippen LogP contribution in [0, 0.1) is 0 Å². The third-order valence-corrected chi connectivity index (χ3v) is 5.53. The van der Waals surface area contributed by atoms with Crippen molar-refractivity contribution in [1.82, 2.24) is 9.88 Å². The summed E-state index contributed by atoms with van der Waals surface area (Å²) >= 11 is 0. The van der Waals surface area contributed by atoms with E-state index in [9.17, 15) is 0 Å². The average Bonchev–Trinajstić information content (AvgIpc) is 2.68. The van der Waals surface area contributed by atoms with Gasteiger partial charge in [0.2, 0.25) is 0 Å². The highest BCUT2D eigenvalue weighted by atomic mass is 16.5. The second-order valence-electron chi connectivity index (χ2n) is 7.22. The van der Waals surface area contributed by atoms with Crippen LogP contribution in [0.15, 0.2) is 72.9 Å². The number of morpholine rings is 1. The van der Waals surface area contributed by atoms with E-state index in [1.54, 1.807) is 0 Å². The Hall–Kier alpha value is -2.49. The first-order chi connectivity index (χ1) is 12.9. The molecule has 3 aromatic rings. The molecule has 0 radical (unpaired) electrons. The van der Waals surface area contributed by atoms with Gasteiger partial charge in [-0.25, -0.2) is 0 Å². The van der Waals surface area contributed by atoms with E-state index in [0.717, 1.165) is 31.7 Å². The third-order valence-electron chi connectivity index (χ3n) is 5.53. The molecule has 0 N–H and O–H groups in total. The highest BCUT2D eigenvalue weighted by Gasteiger charge is 2.34. The first-order valence-corrected chi connectivity index (χ1v) is 9.30. The monoisotopic (exact) mass is 342 g/mol. The molecule has 2 unspecified atom stereocenters. The van der Waals surface area contributed by atoms with Crippen LogP contribution in [0.25, 0.3) is 16.5 Å². The largest absolute Gasteiger partial charge is 0.378 e. The van der Waals surface area contributed by atoms with Gasteiger partial charge in [-0.15, -0.1) is 0 Å². The normalized spacial score (nSPS) is 23.0. The van der Waals surface area contributed by atoms with Gasteiger partial charge in [-0.1, -0.05) is 54.6 Å². The summed E-state index contributed by atoms with van der Waals surface area (Å²) in [5.41, 5.74) is 5.17. The lowest BCUT2D eigenvalue weighted by Crippen LogP contribution is -2.53. The molecule has 1 aromatic heterocycles. The second-order valence-corrected chi connectivity index (χ2v) is 7.22. The summed E-state index contributed by atoms with van der Waals surface area (Å²) in [7, 11) is 0. The van der Waals surface area contributed by atoms with Gasteiger partial charge in [0.15, 0.2) is 0 Å². The number of aromatic nitrogens is 1. The number of nitrogens with zero attached hydrogens (tertiary/aromatic N) is 2. The van der Waals surface area contributed by atoms with Gasteiger partial charge < -0.3 is 4.74 Å². The molecule has 2 aliphatic rings. The number of pyridine rings is 1. The van der Waals surface area contributed by atoms with Crippen LogP contribution in [-0.4, -0.2) is 35.2 Å². The SMILES string of the molecule is C1=C(c2ccc3cccnc3c2)CC2COCC1N2Cc1ccccc1. The lowest BCUT2D eigenvalue weighted by atomic mass is 9.89. The fourth-order valence-corrected chi connectivity index (χ4v) is 4.18. The van der Waals surface area contributed by atoms with Crippen LogP contribution >= 0.6 is 0 Å². The van der Waals surface area contributed by atoms with E-state index in [1.165, 1.54) is 22.1 Å². The summed E-state index contributed by atoms with van der Waals surface area (Å²) < 4.78 is 5.86. The zero-order valence-corrected chi connectivity index (χ0v) is 14.7. The number of benzene rings is 2. The Morgan fingerprint density at radius 1 is 1.00 bits per heavy atom. The summed E-state index contributed by atoms with van der Waals surface area (Å²) in [4.78, 5) is 7.12. The minimum Gasteiger partial charge on any atom is -0.378 e. The van der Waals surface area contributed by atoms with Gasteiger partial charge in [0, 0.05) is 24.2 Å². The van der Waals surface area contributed by atoms with Crippen LogP contribution in [0.5, 0.6) is 0 Å². The lowest BCUT2D eigenvalue weighted by molar-refractivity contribution is -0.0402. The van der Waals surface area contributed by atoms with Crippen molar-refractivity contribution in [3.05, 3.63) is 84.1 Å². The van der Waals surface area contributed by atoms with Gasteiger partial charge in [0.25, 0.3) is 0 Å². The molecule has 1 saturated heterocycles. The van der Waals surface area contributed by atoms with E-state index < -0.39 is 0 Å². The van der Waals surface area contributed by atoms with Crippen molar-refractivity contribution >= 4 is 16.5 Å². The van der Waals surface area contributed by atoms with Crippen LogP contribution in [0.2, 0.25) is 0 Å². The van der Waals surface area contributed by atoms with Gasteiger partial charge in [-0.05, 0) is 35.3 Å². The molecule has 0 saturated carbocycles. The van der Waals surface area contributed by atoms with Crippen molar-refractivity contribution in [2.45, 2.75) is 25.0 Å². The second kappa shape index (κ2) is 6.67. The van der Waals surface area contributed by atoms with Crippen molar-refractivity contribution in [3.63, 3.8) is 0 Å². The maximum Gasteiger partial charge on any atom is 0.0708 e. The van der Waals surface area contributed by atoms with Gasteiger partial charge in [0.05, 0.1) is 24.8 Å². The number of ether oxygens (including phenoxy) is 1. The molecule has 1 fully saturated rings. The molecule has 2 aliphatic heterocycles. The summed E-state index contributed by atoms with van der Waals surface area (Å²) in [5.74, 6) is 0. The van der Waals surface area contributed by atoms with E-state index in [4.69, 9.17) is 4.74 Å². The van der Waals surface area contributed by atoms with Crippen molar-refractivity contribution in [3.8, 4) is 0 Å². The predicted molar refractivity (Wildman–Crippen MR) is 105 cm³/mol. The number of hydrogen-bond donors (Lipinski definition) is 0. The van der Waals surface area contributed by atoms with Crippen LogP contribution in [0.3, 0.4) is 0 Å². The van der Waals surface area contributed by atoms with E-state index in [-0.39, 0.29) is 0 Å². The summed E-state index contributed by atoms with van der Waals surface area (Å²) in [6.07, 6.45) is 5.30. The van der Waals surface area contributed by atoms with E-state index in [2.05, 4.69) is 70.6 Å². The Morgan fingerprint density at radius 3 is 2.81 bits per heavy atom. The Kier molecular flexibility index (Phi) is 4.04. The van der Waals surface area contributed by atoms with E-state index in [1.807, 2.05) is 12.3 Å². The van der Waals surface area contributed by atoms with Crippen molar-refractivity contribution in [2.75, 3.05) is 13.2 Å². The molecule has 130 valence electrons. The Labute approximate surface area is 153 Å². The molecule has 2 bridgehead atoms. The predicted octanol–water partition coefficient (Wildman–Crippen LogP) is 4.29. The van der Waals surface area contributed by atoms with Crippen LogP contribution in [0.4, 0.5) is 0 Å². The zero-order valence-electron chi connectivity index (χ0n) is 14.7. The number of hydrogen-bond acceptors (Lipinski definition) is 3. The summed E-state index contributed by atoms with van der Waals surface area (Å²) in [5, 5.41) is 1.20. The first-order valence-electron chi connectivity index (χ1n) is 9.30. The number of fused-ring (bicyclic) bond motifs is 3.